The van der Waals surface area contributed by atoms with Crippen LogP contribution in [0.3, 0.4) is 0 Å². The summed E-state index contributed by atoms with van der Waals surface area (Å²) in [6, 6.07) is 5.25. The zero-order chi connectivity index (χ0) is 22.3. The fourth-order valence-electron chi connectivity index (χ4n) is 4.90. The molecule has 0 aliphatic heterocycles. The summed E-state index contributed by atoms with van der Waals surface area (Å²) in [7, 11) is -0.200. The molecule has 1 saturated carbocycles. The number of nitrogens with zero attached hydrogens (tertiary/aromatic N) is 3. The van der Waals surface area contributed by atoms with Gasteiger partial charge in [-0.05, 0) is 62.8 Å². The van der Waals surface area contributed by atoms with Crippen molar-refractivity contribution in [2.45, 2.75) is 69.9 Å². The van der Waals surface area contributed by atoms with Gasteiger partial charge in [-0.25, -0.2) is 8.42 Å². The molecule has 2 aliphatic carbocycles. The molecule has 0 bridgehead atoms. The van der Waals surface area contributed by atoms with Gasteiger partial charge in [0.05, 0.1) is 16.6 Å². The molecule has 0 spiro atoms. The lowest BCUT2D eigenvalue weighted by atomic mass is 10.0. The Morgan fingerprint density at radius 1 is 1.23 bits per heavy atom. The molecule has 31 heavy (non-hydrogen) atoms. The number of hydrogen-bond donors (Lipinski definition) is 1. The molecule has 1 unspecified atom stereocenters. The Morgan fingerprint density at radius 2 is 1.94 bits per heavy atom. The molecule has 1 heterocycles. The van der Waals surface area contributed by atoms with Crippen molar-refractivity contribution in [2.24, 2.45) is 13.0 Å². The first-order valence-electron chi connectivity index (χ1n) is 11.1. The molecule has 1 fully saturated rings. The monoisotopic (exact) mass is 444 g/mol. The van der Waals surface area contributed by atoms with Crippen LogP contribution >= 0.6 is 0 Å². The Bertz CT molecular complexity index is 1100. The van der Waals surface area contributed by atoms with Crippen molar-refractivity contribution >= 4 is 15.9 Å². The van der Waals surface area contributed by atoms with Gasteiger partial charge in [-0.2, -0.15) is 9.40 Å². The van der Waals surface area contributed by atoms with Crippen LogP contribution in [0.4, 0.5) is 0 Å². The van der Waals surface area contributed by atoms with Crippen LogP contribution < -0.4 is 5.32 Å². The van der Waals surface area contributed by atoms with E-state index in [9.17, 15) is 13.2 Å². The summed E-state index contributed by atoms with van der Waals surface area (Å²) in [5, 5.41) is 7.57. The summed E-state index contributed by atoms with van der Waals surface area (Å²) >= 11 is 0. The summed E-state index contributed by atoms with van der Waals surface area (Å²) < 4.78 is 29.8. The number of aromatic nitrogens is 2. The van der Waals surface area contributed by atoms with Crippen LogP contribution in [0.2, 0.25) is 0 Å². The summed E-state index contributed by atoms with van der Waals surface area (Å²) in [6.45, 7) is 4.12. The minimum atomic E-state index is -3.67. The predicted octanol–water partition coefficient (Wildman–Crippen LogP) is 3.15. The quantitative estimate of drug-likeness (QED) is 0.742. The molecule has 1 atom stereocenters. The van der Waals surface area contributed by atoms with Crippen molar-refractivity contribution in [3.8, 4) is 0 Å². The maximum Gasteiger partial charge on any atom is 0.243 e. The molecule has 0 radical (unpaired) electrons. The normalized spacial score (nSPS) is 19.2. The number of rotatable bonds is 6. The van der Waals surface area contributed by atoms with Crippen LogP contribution in [-0.2, 0) is 34.8 Å². The van der Waals surface area contributed by atoms with Crippen molar-refractivity contribution in [2.75, 3.05) is 7.05 Å². The SMILES string of the molecule is Cc1nn(C)c(C)c1CN(C)S(=O)(=O)c1ccc2c(c1)C(NC(=O)C1CCCC1)CC2. The number of aryl methyl sites for hydroxylation is 3. The Labute approximate surface area is 184 Å². The zero-order valence-corrected chi connectivity index (χ0v) is 19.6. The molecule has 1 amide bonds. The van der Waals surface area contributed by atoms with Crippen LogP contribution in [0.25, 0.3) is 0 Å². The van der Waals surface area contributed by atoms with Crippen LogP contribution in [0.1, 0.15) is 66.2 Å². The van der Waals surface area contributed by atoms with E-state index in [4.69, 9.17) is 0 Å². The molecular formula is C23H32N4O3S. The van der Waals surface area contributed by atoms with Gasteiger partial charge in [0.25, 0.3) is 0 Å². The maximum absolute atomic E-state index is 13.3. The smallest absolute Gasteiger partial charge is 0.243 e. The highest BCUT2D eigenvalue weighted by molar-refractivity contribution is 7.89. The van der Waals surface area contributed by atoms with Gasteiger partial charge in [-0.1, -0.05) is 18.9 Å². The highest BCUT2D eigenvalue weighted by atomic mass is 32.2. The molecular weight excluding hydrogens is 412 g/mol. The van der Waals surface area contributed by atoms with Gasteiger partial charge >= 0.3 is 0 Å². The average Bonchev–Trinajstić information content (AvgIpc) is 3.45. The van der Waals surface area contributed by atoms with Crippen LogP contribution in [0.5, 0.6) is 0 Å². The molecule has 1 N–H and O–H groups in total. The third-order valence-corrected chi connectivity index (χ3v) is 8.78. The second kappa shape index (κ2) is 8.39. The summed E-state index contributed by atoms with van der Waals surface area (Å²) in [5.74, 6) is 0.219. The predicted molar refractivity (Wildman–Crippen MR) is 119 cm³/mol. The molecule has 168 valence electrons. The largest absolute Gasteiger partial charge is 0.349 e. The Morgan fingerprint density at radius 3 is 2.58 bits per heavy atom. The van der Waals surface area contributed by atoms with Crippen molar-refractivity contribution in [3.05, 3.63) is 46.3 Å². The van der Waals surface area contributed by atoms with Gasteiger partial charge in [0.15, 0.2) is 0 Å². The molecule has 2 aliphatic rings. The van der Waals surface area contributed by atoms with Gasteiger partial charge in [-0.15, -0.1) is 0 Å². The van der Waals surface area contributed by atoms with Gasteiger partial charge in [-0.3, -0.25) is 9.48 Å². The molecule has 1 aromatic carbocycles. The Hall–Kier alpha value is -2.19. The van der Waals surface area contributed by atoms with Crippen molar-refractivity contribution in [1.82, 2.24) is 19.4 Å². The number of nitrogens with one attached hydrogen (secondary N) is 1. The number of fused-ring (bicyclic) bond motifs is 1. The molecule has 8 heteroatoms. The van der Waals surface area contributed by atoms with Crippen molar-refractivity contribution in [1.29, 1.82) is 0 Å². The molecule has 1 aromatic heterocycles. The number of hydrogen-bond acceptors (Lipinski definition) is 4. The Balaban J connectivity index is 1.55. The number of carbonyl (C=O) groups is 1. The van der Waals surface area contributed by atoms with Crippen LogP contribution in [0, 0.1) is 19.8 Å². The topological polar surface area (TPSA) is 84.3 Å². The van der Waals surface area contributed by atoms with Crippen molar-refractivity contribution < 1.29 is 13.2 Å². The van der Waals surface area contributed by atoms with Gasteiger partial charge < -0.3 is 5.32 Å². The summed E-state index contributed by atoms with van der Waals surface area (Å²) in [6.07, 6.45) is 5.82. The van der Waals surface area contributed by atoms with E-state index in [0.717, 1.165) is 66.6 Å². The lowest BCUT2D eigenvalue weighted by Gasteiger charge is -2.20. The molecule has 4 rings (SSSR count). The first-order chi connectivity index (χ1) is 14.7. The molecule has 2 aromatic rings. The second-order valence-corrected chi connectivity index (χ2v) is 11.0. The Kier molecular flexibility index (Phi) is 5.96. The fraction of sp³-hybridized carbons (Fsp3) is 0.565. The van der Waals surface area contributed by atoms with Gasteiger partial charge in [0.2, 0.25) is 15.9 Å². The number of amides is 1. The average molecular weight is 445 g/mol. The van der Waals surface area contributed by atoms with Gasteiger partial charge in [0.1, 0.15) is 0 Å². The summed E-state index contributed by atoms with van der Waals surface area (Å²) in [4.78, 5) is 12.9. The number of benzene rings is 1. The molecule has 7 nitrogen and oxygen atoms in total. The zero-order valence-electron chi connectivity index (χ0n) is 18.8. The van der Waals surface area contributed by atoms with E-state index in [1.54, 1.807) is 23.9 Å². The number of carbonyl (C=O) groups excluding carboxylic acids is 1. The van der Waals surface area contributed by atoms with E-state index in [0.29, 0.717) is 0 Å². The minimum Gasteiger partial charge on any atom is -0.349 e. The standard InChI is InChI=1S/C23H32N4O3S/c1-15-21(16(2)27(4)25-15)14-26(3)31(29,30)19-11-9-17-10-12-22(20(17)13-19)24-23(28)18-7-5-6-8-18/h9,11,13,18,22H,5-8,10,12,14H2,1-4H3,(H,24,28). The second-order valence-electron chi connectivity index (χ2n) is 8.98. The number of sulfonamides is 1. The molecule has 0 saturated heterocycles. The lowest BCUT2D eigenvalue weighted by molar-refractivity contribution is -0.125. The van der Waals surface area contributed by atoms with Crippen LogP contribution in [-0.4, -0.2) is 35.5 Å². The first kappa shape index (κ1) is 22.0. The highest BCUT2D eigenvalue weighted by Crippen LogP contribution is 2.35. The van der Waals surface area contributed by atoms with E-state index in [1.165, 1.54) is 4.31 Å². The fourth-order valence-corrected chi connectivity index (χ4v) is 6.08. The maximum atomic E-state index is 13.3. The summed E-state index contributed by atoms with van der Waals surface area (Å²) in [5.41, 5.74) is 4.79. The van der Waals surface area contributed by atoms with Crippen LogP contribution in [0.15, 0.2) is 23.1 Å². The third-order valence-electron chi connectivity index (χ3n) is 6.99. The minimum absolute atomic E-state index is 0.105. The van der Waals surface area contributed by atoms with E-state index in [1.807, 2.05) is 27.0 Å². The first-order valence-corrected chi connectivity index (χ1v) is 12.5. The third kappa shape index (κ3) is 4.15. The van der Waals surface area contributed by atoms with Gasteiger partial charge in [0, 0.05) is 37.8 Å². The lowest BCUT2D eigenvalue weighted by Crippen LogP contribution is -2.32. The van der Waals surface area contributed by atoms with E-state index >= 15 is 0 Å². The van der Waals surface area contributed by atoms with Crippen molar-refractivity contribution in [3.63, 3.8) is 0 Å². The van der Waals surface area contributed by atoms with E-state index < -0.39 is 10.0 Å². The van der Waals surface area contributed by atoms with E-state index in [2.05, 4.69) is 10.4 Å². The van der Waals surface area contributed by atoms with E-state index in [-0.39, 0.29) is 29.3 Å². The highest BCUT2D eigenvalue weighted by Gasteiger charge is 2.31.